The molecule has 0 aliphatic carbocycles. The first-order valence-electron chi connectivity index (χ1n) is 2.85. The monoisotopic (exact) mass is 145 g/mol. The fourth-order valence-electron chi connectivity index (χ4n) is 0.805. The number of amides is 1. The van der Waals surface area contributed by atoms with Crippen LogP contribution in [0.5, 0.6) is 0 Å². The van der Waals surface area contributed by atoms with E-state index in [4.69, 9.17) is 5.11 Å². The van der Waals surface area contributed by atoms with Gasteiger partial charge in [-0.15, -0.1) is 0 Å². The third-order valence-electron chi connectivity index (χ3n) is 1.21. The van der Waals surface area contributed by atoms with E-state index in [9.17, 15) is 9.59 Å². The van der Waals surface area contributed by atoms with Crippen molar-refractivity contribution in [3.63, 3.8) is 0 Å². The lowest BCUT2D eigenvalue weighted by Gasteiger charge is -2.03. The van der Waals surface area contributed by atoms with Crippen LogP contribution < -0.4 is 5.32 Å². The van der Waals surface area contributed by atoms with Gasteiger partial charge in [0.15, 0.2) is 0 Å². The highest BCUT2D eigenvalue weighted by molar-refractivity contribution is 5.79. The molecule has 1 saturated heterocycles. The molecule has 1 aliphatic heterocycles. The summed E-state index contributed by atoms with van der Waals surface area (Å²) in [6.07, 6.45) is -1.68. The zero-order valence-corrected chi connectivity index (χ0v) is 5.16. The van der Waals surface area contributed by atoms with E-state index in [1.54, 1.807) is 0 Å². The van der Waals surface area contributed by atoms with E-state index >= 15 is 0 Å². The quantitative estimate of drug-likeness (QED) is 0.491. The maximum absolute atomic E-state index is 10.5. The largest absolute Gasteiger partial charge is 0.506 e. The molecular formula is C5H7NO4. The lowest BCUT2D eigenvalue weighted by molar-refractivity contribution is -0.119. The van der Waals surface area contributed by atoms with E-state index < -0.39 is 12.3 Å². The first-order valence-corrected chi connectivity index (χ1v) is 2.85. The Morgan fingerprint density at radius 2 is 2.50 bits per heavy atom. The maximum Gasteiger partial charge on any atom is 0.506 e. The van der Waals surface area contributed by atoms with Crippen LogP contribution in [0.15, 0.2) is 0 Å². The third kappa shape index (κ3) is 1.61. The van der Waals surface area contributed by atoms with Crippen molar-refractivity contribution in [1.29, 1.82) is 0 Å². The predicted molar refractivity (Wildman–Crippen MR) is 30.5 cm³/mol. The van der Waals surface area contributed by atoms with Crippen molar-refractivity contribution in [1.82, 2.24) is 5.32 Å². The number of carbonyl (C=O) groups is 2. The molecule has 5 nitrogen and oxygen atoms in total. The third-order valence-corrected chi connectivity index (χ3v) is 1.21. The van der Waals surface area contributed by atoms with Gasteiger partial charge in [-0.3, -0.25) is 4.79 Å². The Kier molecular flexibility index (Phi) is 1.75. The van der Waals surface area contributed by atoms with Crippen LogP contribution >= 0.6 is 0 Å². The second-order valence-corrected chi connectivity index (χ2v) is 2.01. The molecule has 0 aromatic heterocycles. The van der Waals surface area contributed by atoms with E-state index in [0.29, 0.717) is 6.54 Å². The summed E-state index contributed by atoms with van der Waals surface area (Å²) in [7, 11) is 0. The minimum atomic E-state index is -1.33. The average Bonchev–Trinajstić information content (AvgIpc) is 2.13. The van der Waals surface area contributed by atoms with Crippen LogP contribution in [0.3, 0.4) is 0 Å². The average molecular weight is 145 g/mol. The van der Waals surface area contributed by atoms with Gasteiger partial charge < -0.3 is 15.2 Å². The van der Waals surface area contributed by atoms with Crippen LogP contribution in [0.1, 0.15) is 6.42 Å². The highest BCUT2D eigenvalue weighted by Crippen LogP contribution is 2.03. The SMILES string of the molecule is O=C1CC(OC(=O)O)CN1. The minimum Gasteiger partial charge on any atom is -0.450 e. The number of carbonyl (C=O) groups excluding carboxylic acids is 1. The smallest absolute Gasteiger partial charge is 0.450 e. The van der Waals surface area contributed by atoms with Gasteiger partial charge in [0.2, 0.25) is 5.91 Å². The first-order chi connectivity index (χ1) is 4.68. The summed E-state index contributed by atoms with van der Waals surface area (Å²) in [6, 6.07) is 0. The molecule has 10 heavy (non-hydrogen) atoms. The Hall–Kier alpha value is -1.26. The second-order valence-electron chi connectivity index (χ2n) is 2.01. The van der Waals surface area contributed by atoms with Crippen molar-refractivity contribution >= 4 is 12.1 Å². The number of hydrogen-bond donors (Lipinski definition) is 2. The Labute approximate surface area is 57.0 Å². The Morgan fingerprint density at radius 3 is 2.90 bits per heavy atom. The van der Waals surface area contributed by atoms with E-state index in [-0.39, 0.29) is 12.3 Å². The van der Waals surface area contributed by atoms with Crippen molar-refractivity contribution in [2.24, 2.45) is 0 Å². The highest BCUT2D eigenvalue weighted by atomic mass is 16.7. The van der Waals surface area contributed by atoms with Gasteiger partial charge in [-0.25, -0.2) is 4.79 Å². The van der Waals surface area contributed by atoms with Crippen LogP contribution in [0.2, 0.25) is 0 Å². The Morgan fingerprint density at radius 1 is 1.80 bits per heavy atom. The molecule has 0 spiro atoms. The molecule has 1 heterocycles. The number of hydrogen-bond acceptors (Lipinski definition) is 3. The number of ether oxygens (including phenoxy) is 1. The van der Waals surface area contributed by atoms with Gasteiger partial charge >= 0.3 is 6.16 Å². The Balaban J connectivity index is 2.31. The highest BCUT2D eigenvalue weighted by Gasteiger charge is 2.24. The van der Waals surface area contributed by atoms with Gasteiger partial charge in [0.25, 0.3) is 0 Å². The summed E-state index contributed by atoms with van der Waals surface area (Å²) in [4.78, 5) is 20.4. The fraction of sp³-hybridized carbons (Fsp3) is 0.600. The van der Waals surface area contributed by atoms with Gasteiger partial charge in [0, 0.05) is 0 Å². The fourth-order valence-corrected chi connectivity index (χ4v) is 0.805. The normalized spacial score (nSPS) is 24.0. The molecule has 1 unspecified atom stereocenters. The van der Waals surface area contributed by atoms with Crippen LogP contribution in [0, 0.1) is 0 Å². The Bertz CT molecular complexity index is 167. The maximum atomic E-state index is 10.5. The minimum absolute atomic E-state index is 0.145. The summed E-state index contributed by atoms with van der Waals surface area (Å²) in [5, 5.41) is 10.5. The van der Waals surface area contributed by atoms with E-state index in [1.165, 1.54) is 0 Å². The lowest BCUT2D eigenvalue weighted by atomic mass is 10.3. The molecule has 5 heteroatoms. The topological polar surface area (TPSA) is 75.6 Å². The molecular weight excluding hydrogens is 138 g/mol. The zero-order valence-electron chi connectivity index (χ0n) is 5.16. The van der Waals surface area contributed by atoms with Gasteiger partial charge in [0.05, 0.1) is 13.0 Å². The van der Waals surface area contributed by atoms with Gasteiger partial charge in [-0.1, -0.05) is 0 Å². The van der Waals surface area contributed by atoms with Crippen molar-refractivity contribution in [3.8, 4) is 0 Å². The number of nitrogens with one attached hydrogen (secondary N) is 1. The van der Waals surface area contributed by atoms with Gasteiger partial charge in [-0.05, 0) is 0 Å². The molecule has 1 amide bonds. The van der Waals surface area contributed by atoms with E-state index in [0.717, 1.165) is 0 Å². The predicted octanol–water partition coefficient (Wildman–Crippen LogP) is -0.431. The van der Waals surface area contributed by atoms with E-state index in [2.05, 4.69) is 10.1 Å². The molecule has 0 radical (unpaired) electrons. The molecule has 1 fully saturated rings. The molecule has 0 aromatic carbocycles. The van der Waals surface area contributed by atoms with Crippen LogP contribution in [0.25, 0.3) is 0 Å². The van der Waals surface area contributed by atoms with Gasteiger partial charge in [0.1, 0.15) is 6.10 Å². The van der Waals surface area contributed by atoms with E-state index in [1.807, 2.05) is 0 Å². The molecule has 1 atom stereocenters. The van der Waals surface area contributed by atoms with Crippen LogP contribution in [-0.2, 0) is 9.53 Å². The van der Waals surface area contributed by atoms with Crippen molar-refractivity contribution < 1.29 is 19.4 Å². The number of carboxylic acid groups (broad SMARTS) is 1. The zero-order chi connectivity index (χ0) is 7.56. The second kappa shape index (κ2) is 2.55. The standard InChI is InChI=1S/C5H7NO4/c7-4-1-3(2-6-4)10-5(8)9/h3H,1-2H2,(H,6,7)(H,8,9). The molecule has 0 bridgehead atoms. The van der Waals surface area contributed by atoms with Crippen molar-refractivity contribution in [2.75, 3.05) is 6.54 Å². The summed E-state index contributed by atoms with van der Waals surface area (Å²) < 4.78 is 4.31. The molecule has 1 rings (SSSR count). The lowest BCUT2D eigenvalue weighted by Crippen LogP contribution is -2.19. The summed E-state index contributed by atoms with van der Waals surface area (Å²) in [6.45, 7) is 0.297. The molecule has 1 aliphatic rings. The molecule has 0 aromatic rings. The summed E-state index contributed by atoms with van der Waals surface area (Å²) in [5.74, 6) is -0.161. The van der Waals surface area contributed by atoms with Crippen molar-refractivity contribution in [3.05, 3.63) is 0 Å². The summed E-state index contributed by atoms with van der Waals surface area (Å²) >= 11 is 0. The number of rotatable bonds is 1. The molecule has 56 valence electrons. The van der Waals surface area contributed by atoms with Crippen LogP contribution in [0.4, 0.5) is 4.79 Å². The first kappa shape index (κ1) is 6.85. The van der Waals surface area contributed by atoms with Gasteiger partial charge in [-0.2, -0.15) is 0 Å². The van der Waals surface area contributed by atoms with Crippen molar-refractivity contribution in [2.45, 2.75) is 12.5 Å². The summed E-state index contributed by atoms with van der Waals surface area (Å²) in [5.41, 5.74) is 0. The molecule has 0 saturated carbocycles. The molecule has 2 N–H and O–H groups in total. The van der Waals surface area contributed by atoms with Crippen LogP contribution in [-0.4, -0.2) is 29.8 Å².